The summed E-state index contributed by atoms with van der Waals surface area (Å²) in [5, 5.41) is 3.15. The van der Waals surface area contributed by atoms with E-state index in [9.17, 15) is 4.79 Å². The van der Waals surface area contributed by atoms with Crippen LogP contribution in [-0.2, 0) is 4.79 Å². The lowest BCUT2D eigenvalue weighted by Crippen LogP contribution is -2.28. The lowest BCUT2D eigenvalue weighted by Gasteiger charge is -2.26. The van der Waals surface area contributed by atoms with Crippen LogP contribution in [0.4, 0.5) is 0 Å². The lowest BCUT2D eigenvalue weighted by atomic mass is 10.00. The monoisotopic (exact) mass is 293 g/mol. The molecule has 3 heterocycles. The van der Waals surface area contributed by atoms with E-state index in [0.29, 0.717) is 0 Å². The Morgan fingerprint density at radius 3 is 2.53 bits per heavy atom. The summed E-state index contributed by atoms with van der Waals surface area (Å²) in [6, 6.07) is 4.04. The van der Waals surface area contributed by atoms with Crippen LogP contribution >= 0.6 is 19.5 Å². The third kappa shape index (κ3) is 4.68. The molecule has 2 aliphatic heterocycles. The van der Waals surface area contributed by atoms with E-state index in [1.165, 1.54) is 30.8 Å². The van der Waals surface area contributed by atoms with E-state index >= 15 is 0 Å². The molecule has 0 radical (unpaired) electrons. The molecule has 0 bridgehead atoms. The second-order valence-corrected chi connectivity index (χ2v) is 7.23. The molecule has 0 aromatic carbocycles. The first-order valence-corrected chi connectivity index (χ1v) is 8.45. The third-order valence-corrected chi connectivity index (χ3v) is 5.45. The van der Waals surface area contributed by atoms with Crippen LogP contribution in [0.2, 0.25) is 0 Å². The second kappa shape index (κ2) is 7.14. The standard InChI is InChI=1S/C8H5OPS.C7H15N/c9-8-4-3-6(10-8)7-2-1-5-11-7;1-7-3-5-8(2)6-4-7/h1-5H;7H,3-6H2,1-2H3. The van der Waals surface area contributed by atoms with E-state index in [1.54, 1.807) is 17.4 Å². The second-order valence-electron chi connectivity index (χ2n) is 5.13. The summed E-state index contributed by atoms with van der Waals surface area (Å²) in [5.74, 6) is 0.978. The van der Waals surface area contributed by atoms with Crippen LogP contribution in [0.25, 0.3) is 0 Å². The zero-order valence-electron chi connectivity index (χ0n) is 11.5. The van der Waals surface area contributed by atoms with Gasteiger partial charge in [-0.3, -0.25) is 4.79 Å². The van der Waals surface area contributed by atoms with Crippen molar-refractivity contribution in [2.24, 2.45) is 5.92 Å². The molecule has 1 aromatic heterocycles. The SMILES string of the molecule is CC1CCN(C)CC1.O=C1C=CC(c2cccs2)=P1. The van der Waals surface area contributed by atoms with Crippen LogP contribution in [0.3, 0.4) is 0 Å². The van der Waals surface area contributed by atoms with Crippen molar-refractivity contribution >= 4 is 30.4 Å². The van der Waals surface area contributed by atoms with Gasteiger partial charge in [0.2, 0.25) is 5.52 Å². The molecule has 2 nitrogen and oxygen atoms in total. The fourth-order valence-corrected chi connectivity index (χ4v) is 3.71. The predicted molar refractivity (Wildman–Crippen MR) is 85.4 cm³/mol. The number of rotatable bonds is 1. The summed E-state index contributed by atoms with van der Waals surface area (Å²) in [7, 11) is 3.02. The molecule has 1 fully saturated rings. The average molecular weight is 293 g/mol. The Hall–Kier alpha value is -0.760. The fourth-order valence-electron chi connectivity index (χ4n) is 2.04. The number of carbonyl (C=O) groups is 1. The van der Waals surface area contributed by atoms with Crippen molar-refractivity contribution in [2.45, 2.75) is 19.8 Å². The molecule has 19 heavy (non-hydrogen) atoms. The van der Waals surface area contributed by atoms with Gasteiger partial charge >= 0.3 is 0 Å². The van der Waals surface area contributed by atoms with Crippen LogP contribution < -0.4 is 0 Å². The Labute approximate surface area is 120 Å². The maximum Gasteiger partial charge on any atom is 0.204 e. The number of likely N-dealkylation sites (tertiary alicyclic amines) is 1. The average Bonchev–Trinajstić information content (AvgIpc) is 3.04. The van der Waals surface area contributed by atoms with Crippen molar-refractivity contribution in [1.29, 1.82) is 0 Å². The van der Waals surface area contributed by atoms with E-state index in [2.05, 4.69) is 18.9 Å². The van der Waals surface area contributed by atoms with Gasteiger partial charge in [-0.1, -0.05) is 13.0 Å². The van der Waals surface area contributed by atoms with Gasteiger partial charge in [0.05, 0.1) is 0 Å². The van der Waals surface area contributed by atoms with Crippen molar-refractivity contribution in [3.8, 4) is 0 Å². The Balaban J connectivity index is 0.000000148. The molecule has 3 rings (SSSR count). The highest BCUT2D eigenvalue weighted by molar-refractivity contribution is 7.62. The van der Waals surface area contributed by atoms with Gasteiger partial charge in [0.25, 0.3) is 0 Å². The Morgan fingerprint density at radius 1 is 1.32 bits per heavy atom. The number of thiophene rings is 1. The highest BCUT2D eigenvalue weighted by atomic mass is 32.1. The smallest absolute Gasteiger partial charge is 0.204 e. The fraction of sp³-hybridized carbons (Fsp3) is 0.467. The van der Waals surface area contributed by atoms with Crippen molar-refractivity contribution in [2.75, 3.05) is 20.1 Å². The molecule has 0 unspecified atom stereocenters. The number of nitrogens with zero attached hydrogens (tertiary/aromatic N) is 1. The molecular weight excluding hydrogens is 273 g/mol. The van der Waals surface area contributed by atoms with E-state index < -0.39 is 0 Å². The summed E-state index contributed by atoms with van der Waals surface area (Å²) in [6.45, 7) is 4.95. The topological polar surface area (TPSA) is 20.3 Å². The predicted octanol–water partition coefficient (Wildman–Crippen LogP) is 3.66. The first-order valence-electron chi connectivity index (χ1n) is 6.68. The van der Waals surface area contributed by atoms with Crippen molar-refractivity contribution < 1.29 is 4.79 Å². The maximum atomic E-state index is 10.8. The van der Waals surface area contributed by atoms with E-state index in [-0.39, 0.29) is 5.52 Å². The molecule has 0 aliphatic carbocycles. The van der Waals surface area contributed by atoms with Gasteiger partial charge in [-0.15, -0.1) is 11.3 Å². The first kappa shape index (κ1) is 14.6. The Morgan fingerprint density at radius 2 is 2.05 bits per heavy atom. The molecule has 1 saturated heterocycles. The number of piperidine rings is 1. The summed E-state index contributed by atoms with van der Waals surface area (Å²) >= 11 is 1.67. The minimum Gasteiger partial charge on any atom is -0.306 e. The Kier molecular flexibility index (Phi) is 5.50. The van der Waals surface area contributed by atoms with Gasteiger partial charge in [-0.25, -0.2) is 0 Å². The number of carbonyl (C=O) groups excluding carboxylic acids is 1. The Bertz CT molecular complexity index is 460. The van der Waals surface area contributed by atoms with Gasteiger partial charge in [0.15, 0.2) is 0 Å². The van der Waals surface area contributed by atoms with Crippen molar-refractivity contribution in [3.05, 3.63) is 34.5 Å². The van der Waals surface area contributed by atoms with Crippen LogP contribution in [-0.4, -0.2) is 35.9 Å². The van der Waals surface area contributed by atoms with Gasteiger partial charge in [0.1, 0.15) is 0 Å². The van der Waals surface area contributed by atoms with E-state index in [1.807, 2.05) is 23.6 Å². The van der Waals surface area contributed by atoms with Gasteiger partial charge in [0, 0.05) is 10.2 Å². The first-order chi connectivity index (χ1) is 9.15. The van der Waals surface area contributed by atoms with E-state index in [0.717, 1.165) is 19.4 Å². The van der Waals surface area contributed by atoms with E-state index in [4.69, 9.17) is 0 Å². The quantitative estimate of drug-likeness (QED) is 0.737. The zero-order chi connectivity index (χ0) is 13.7. The molecule has 0 N–H and O–H groups in total. The molecule has 1 aromatic rings. The summed E-state index contributed by atoms with van der Waals surface area (Å²) in [4.78, 5) is 14.4. The number of allylic oxidation sites excluding steroid dienone is 2. The maximum absolute atomic E-state index is 10.8. The summed E-state index contributed by atoms with van der Waals surface area (Å²) < 4.78 is 0. The highest BCUT2D eigenvalue weighted by Gasteiger charge is 2.10. The molecule has 0 atom stereocenters. The summed E-state index contributed by atoms with van der Waals surface area (Å²) in [6.07, 6.45) is 6.33. The van der Waals surface area contributed by atoms with Crippen LogP contribution in [0.15, 0.2) is 29.7 Å². The highest BCUT2D eigenvalue weighted by Crippen LogP contribution is 2.21. The number of hydrogen-bond donors (Lipinski definition) is 0. The molecule has 4 heteroatoms. The molecular formula is C15H20NOPS. The molecule has 0 amide bonds. The molecule has 2 aliphatic rings. The minimum atomic E-state index is 0.188. The minimum absolute atomic E-state index is 0.188. The van der Waals surface area contributed by atoms with Crippen molar-refractivity contribution in [1.82, 2.24) is 4.90 Å². The molecule has 102 valence electrons. The number of hydrogen-bond acceptors (Lipinski definition) is 3. The lowest BCUT2D eigenvalue weighted by molar-refractivity contribution is -0.107. The van der Waals surface area contributed by atoms with Crippen LogP contribution in [0, 0.1) is 5.92 Å². The molecule has 0 spiro atoms. The summed E-state index contributed by atoms with van der Waals surface area (Å²) in [5.41, 5.74) is 0.188. The zero-order valence-corrected chi connectivity index (χ0v) is 13.2. The normalized spacial score (nSPS) is 20.9. The molecule has 0 saturated carbocycles. The van der Waals surface area contributed by atoms with Crippen LogP contribution in [0.1, 0.15) is 24.6 Å². The third-order valence-electron chi connectivity index (χ3n) is 3.40. The van der Waals surface area contributed by atoms with Gasteiger partial charge in [-0.05, 0) is 70.7 Å². The van der Waals surface area contributed by atoms with Crippen molar-refractivity contribution in [3.63, 3.8) is 0 Å². The van der Waals surface area contributed by atoms with Gasteiger partial charge in [-0.2, -0.15) is 0 Å². The van der Waals surface area contributed by atoms with Crippen LogP contribution in [0.5, 0.6) is 0 Å². The largest absolute Gasteiger partial charge is 0.306 e. The van der Waals surface area contributed by atoms with Gasteiger partial charge < -0.3 is 4.90 Å².